The first-order valence-corrected chi connectivity index (χ1v) is 5.60. The molecule has 0 bridgehead atoms. The van der Waals surface area contributed by atoms with Crippen molar-refractivity contribution in [3.8, 4) is 28.4 Å². The van der Waals surface area contributed by atoms with Crippen LogP contribution >= 0.6 is 0 Å². The van der Waals surface area contributed by atoms with Crippen molar-refractivity contribution in [2.45, 2.75) is 0 Å². The molecule has 0 unspecified atom stereocenters. The molecule has 0 aliphatic carbocycles. The Morgan fingerprint density at radius 3 is 2.56 bits per heavy atom. The van der Waals surface area contributed by atoms with Crippen LogP contribution in [0.1, 0.15) is 0 Å². The second kappa shape index (κ2) is 4.07. The number of methoxy groups -OCH3 is 1. The van der Waals surface area contributed by atoms with Crippen LogP contribution in [0.4, 0.5) is 0 Å². The van der Waals surface area contributed by atoms with Crippen LogP contribution in [0, 0.1) is 0 Å². The summed E-state index contributed by atoms with van der Waals surface area (Å²) >= 11 is 0. The Labute approximate surface area is 104 Å². The summed E-state index contributed by atoms with van der Waals surface area (Å²) in [6.07, 6.45) is 1.59. The minimum Gasteiger partial charge on any atom is -0.497 e. The largest absolute Gasteiger partial charge is 0.497 e. The van der Waals surface area contributed by atoms with Gasteiger partial charge in [-0.05, 0) is 42.5 Å². The monoisotopic (exact) mass is 240 g/mol. The van der Waals surface area contributed by atoms with Gasteiger partial charge in [-0.2, -0.15) is 4.73 Å². The van der Waals surface area contributed by atoms with E-state index in [1.807, 2.05) is 36.4 Å². The number of hydrogen-bond donors (Lipinski definition) is 1. The Kier molecular flexibility index (Phi) is 2.41. The molecule has 90 valence electrons. The Balaban J connectivity index is 2.08. The molecule has 3 rings (SSSR count). The lowest BCUT2D eigenvalue weighted by molar-refractivity contribution is 0.189. The molecule has 0 radical (unpaired) electrons. The Bertz CT molecular complexity index is 643. The molecule has 18 heavy (non-hydrogen) atoms. The van der Waals surface area contributed by atoms with Crippen molar-refractivity contribution in [1.29, 1.82) is 0 Å². The number of rotatable bonds is 2. The van der Waals surface area contributed by atoms with Crippen LogP contribution in [-0.2, 0) is 0 Å². The van der Waals surface area contributed by atoms with Crippen LogP contribution in [0.2, 0.25) is 0 Å². The highest BCUT2D eigenvalue weighted by atomic mass is 16.5. The molecule has 0 amide bonds. The minimum absolute atomic E-state index is 0.698. The van der Waals surface area contributed by atoms with Gasteiger partial charge < -0.3 is 9.94 Å². The predicted octanol–water partition coefficient (Wildman–Crippen LogP) is 2.90. The summed E-state index contributed by atoms with van der Waals surface area (Å²) in [4.78, 5) is 4.48. The molecule has 0 saturated carbocycles. The molecule has 1 N–H and O–H groups in total. The second-order valence-electron chi connectivity index (χ2n) is 3.99. The average Bonchev–Trinajstić information content (AvgIpc) is 2.84. The van der Waals surface area contributed by atoms with E-state index in [0.29, 0.717) is 5.69 Å². The Morgan fingerprint density at radius 2 is 1.89 bits per heavy atom. The molecule has 2 aliphatic rings. The van der Waals surface area contributed by atoms with Crippen molar-refractivity contribution >= 4 is 0 Å². The SMILES string of the molecule is COc1ccc(-c2cc3n(O)cccc-3n2)cc1. The minimum atomic E-state index is 0.698. The van der Waals surface area contributed by atoms with Gasteiger partial charge in [-0.1, -0.05) is 0 Å². The van der Waals surface area contributed by atoms with Crippen molar-refractivity contribution in [3.63, 3.8) is 0 Å². The standard InChI is InChI=1S/C14H12N2O2/c1-18-11-6-4-10(5-7-11)13-9-14-12(15-13)3-2-8-16(14)17/h2-9,17H,1H3. The molecule has 2 heterocycles. The number of ether oxygens (including phenoxy) is 1. The van der Waals surface area contributed by atoms with Gasteiger partial charge in [-0.3, -0.25) is 0 Å². The molecule has 4 nitrogen and oxygen atoms in total. The van der Waals surface area contributed by atoms with Crippen molar-refractivity contribution in [2.75, 3.05) is 7.11 Å². The molecular formula is C14H12N2O2. The number of fused-ring (bicyclic) bond motifs is 1. The molecular weight excluding hydrogens is 228 g/mol. The number of benzene rings is 1. The highest BCUT2D eigenvalue weighted by Gasteiger charge is 2.12. The van der Waals surface area contributed by atoms with Crippen LogP contribution < -0.4 is 4.74 Å². The maximum atomic E-state index is 9.67. The first kappa shape index (κ1) is 10.7. The van der Waals surface area contributed by atoms with Crippen molar-refractivity contribution < 1.29 is 9.94 Å². The topological polar surface area (TPSA) is 47.3 Å². The highest BCUT2D eigenvalue weighted by molar-refractivity contribution is 5.71. The van der Waals surface area contributed by atoms with Gasteiger partial charge >= 0.3 is 0 Å². The zero-order valence-corrected chi connectivity index (χ0v) is 9.87. The summed E-state index contributed by atoms with van der Waals surface area (Å²) in [6.45, 7) is 0. The lowest BCUT2D eigenvalue weighted by atomic mass is 10.1. The first-order chi connectivity index (χ1) is 8.78. The summed E-state index contributed by atoms with van der Waals surface area (Å²) in [7, 11) is 1.64. The van der Waals surface area contributed by atoms with Gasteiger partial charge in [-0.25, -0.2) is 4.98 Å². The summed E-state index contributed by atoms with van der Waals surface area (Å²) in [6, 6.07) is 13.2. The maximum absolute atomic E-state index is 9.67. The van der Waals surface area contributed by atoms with Crippen LogP contribution in [0.5, 0.6) is 5.75 Å². The fraction of sp³-hybridized carbons (Fsp3) is 0.0714. The number of hydrogen-bond acceptors (Lipinski definition) is 3. The predicted molar refractivity (Wildman–Crippen MR) is 68.0 cm³/mol. The van der Waals surface area contributed by atoms with Crippen LogP contribution in [-0.4, -0.2) is 22.0 Å². The molecule has 2 aliphatic heterocycles. The van der Waals surface area contributed by atoms with Gasteiger partial charge in [-0.15, -0.1) is 0 Å². The lowest BCUT2D eigenvalue weighted by Gasteiger charge is -2.01. The van der Waals surface area contributed by atoms with E-state index in [0.717, 1.165) is 27.4 Å². The van der Waals surface area contributed by atoms with Gasteiger partial charge in [0.05, 0.1) is 18.5 Å². The number of pyridine rings is 1. The number of aromatic nitrogens is 2. The fourth-order valence-electron chi connectivity index (χ4n) is 1.93. The third kappa shape index (κ3) is 1.68. The fourth-order valence-corrected chi connectivity index (χ4v) is 1.93. The Hall–Kier alpha value is -2.49. The van der Waals surface area contributed by atoms with E-state index in [4.69, 9.17) is 4.74 Å². The normalized spacial score (nSPS) is 10.7. The van der Waals surface area contributed by atoms with Gasteiger partial charge in [0, 0.05) is 11.8 Å². The van der Waals surface area contributed by atoms with E-state index in [2.05, 4.69) is 4.98 Å². The molecule has 0 spiro atoms. The summed E-state index contributed by atoms with van der Waals surface area (Å²) in [5, 5.41) is 9.67. The summed E-state index contributed by atoms with van der Waals surface area (Å²) in [5.74, 6) is 0.812. The third-order valence-electron chi connectivity index (χ3n) is 2.89. The molecule has 0 fully saturated rings. The van der Waals surface area contributed by atoms with Gasteiger partial charge in [0.25, 0.3) is 0 Å². The molecule has 1 aromatic rings. The molecule has 0 atom stereocenters. The third-order valence-corrected chi connectivity index (χ3v) is 2.89. The highest BCUT2D eigenvalue weighted by Crippen LogP contribution is 2.28. The van der Waals surface area contributed by atoms with Gasteiger partial charge in [0.2, 0.25) is 0 Å². The van der Waals surface area contributed by atoms with E-state index < -0.39 is 0 Å². The smallest absolute Gasteiger partial charge is 0.118 e. The van der Waals surface area contributed by atoms with Crippen molar-refractivity contribution in [3.05, 3.63) is 48.7 Å². The zero-order valence-electron chi connectivity index (χ0n) is 9.87. The molecule has 4 heteroatoms. The van der Waals surface area contributed by atoms with Crippen molar-refractivity contribution in [1.82, 2.24) is 9.71 Å². The molecule has 1 aromatic carbocycles. The van der Waals surface area contributed by atoms with E-state index in [9.17, 15) is 5.21 Å². The van der Waals surface area contributed by atoms with E-state index in [1.54, 1.807) is 19.4 Å². The van der Waals surface area contributed by atoms with Gasteiger partial charge in [0.1, 0.15) is 11.4 Å². The maximum Gasteiger partial charge on any atom is 0.118 e. The van der Waals surface area contributed by atoms with E-state index in [1.165, 1.54) is 0 Å². The average molecular weight is 240 g/mol. The number of nitrogens with zero attached hydrogens (tertiary/aromatic N) is 2. The Morgan fingerprint density at radius 1 is 1.11 bits per heavy atom. The molecule has 0 aromatic heterocycles. The molecule has 0 saturated heterocycles. The van der Waals surface area contributed by atoms with E-state index in [-0.39, 0.29) is 0 Å². The summed E-state index contributed by atoms with van der Waals surface area (Å²) < 4.78 is 6.20. The quantitative estimate of drug-likeness (QED) is 0.700. The lowest BCUT2D eigenvalue weighted by Crippen LogP contribution is -1.94. The van der Waals surface area contributed by atoms with Gasteiger partial charge in [0.15, 0.2) is 0 Å². The first-order valence-electron chi connectivity index (χ1n) is 5.60. The van der Waals surface area contributed by atoms with Crippen LogP contribution in [0.25, 0.3) is 22.6 Å². The summed E-state index contributed by atoms with van der Waals surface area (Å²) in [5.41, 5.74) is 3.29. The second-order valence-corrected chi connectivity index (χ2v) is 3.99. The van der Waals surface area contributed by atoms with Crippen LogP contribution in [0.3, 0.4) is 0 Å². The van der Waals surface area contributed by atoms with Crippen molar-refractivity contribution in [2.24, 2.45) is 0 Å². The van der Waals surface area contributed by atoms with E-state index >= 15 is 0 Å². The van der Waals surface area contributed by atoms with Crippen LogP contribution in [0.15, 0.2) is 48.7 Å². The zero-order chi connectivity index (χ0) is 12.5.